The molecule has 0 aliphatic carbocycles. The lowest BCUT2D eigenvalue weighted by molar-refractivity contribution is -0.127. The third-order valence-corrected chi connectivity index (χ3v) is 2.80. The van der Waals surface area contributed by atoms with E-state index in [1.165, 1.54) is 12.1 Å². The number of carboxylic acids is 1. The molecule has 5 heteroatoms. The standard InChI is InChI=1S/C15H21NO4/c1-8(2)16-14(17)11(5)20-13-9(3)6-12(15(18)19)7-10(13)4/h6-8,11H,1-5H3,(H,16,17)(H,18,19). The molecule has 110 valence electrons. The molecule has 0 aliphatic heterocycles. The zero-order chi connectivity index (χ0) is 15.4. The predicted octanol–water partition coefficient (Wildman–Crippen LogP) is 2.29. The number of ether oxygens (including phenoxy) is 1. The molecule has 0 fully saturated rings. The molecule has 2 N–H and O–H groups in total. The summed E-state index contributed by atoms with van der Waals surface area (Å²) in [5.74, 6) is -0.615. The molecule has 1 rings (SSSR count). The monoisotopic (exact) mass is 279 g/mol. The molecule has 1 unspecified atom stereocenters. The van der Waals surface area contributed by atoms with E-state index >= 15 is 0 Å². The number of benzene rings is 1. The van der Waals surface area contributed by atoms with Crippen LogP contribution in [0.4, 0.5) is 0 Å². The van der Waals surface area contributed by atoms with E-state index < -0.39 is 12.1 Å². The van der Waals surface area contributed by atoms with E-state index in [1.54, 1.807) is 20.8 Å². The molecule has 0 heterocycles. The van der Waals surface area contributed by atoms with Crippen molar-refractivity contribution in [1.29, 1.82) is 0 Å². The molecule has 1 atom stereocenters. The third kappa shape index (κ3) is 3.98. The number of hydrogen-bond donors (Lipinski definition) is 2. The summed E-state index contributed by atoms with van der Waals surface area (Å²) in [5, 5.41) is 11.8. The van der Waals surface area contributed by atoms with Crippen LogP contribution < -0.4 is 10.1 Å². The van der Waals surface area contributed by atoms with Gasteiger partial charge in [-0.3, -0.25) is 4.79 Å². The van der Waals surface area contributed by atoms with Crippen molar-refractivity contribution in [2.45, 2.75) is 46.8 Å². The van der Waals surface area contributed by atoms with Crippen molar-refractivity contribution in [1.82, 2.24) is 5.32 Å². The second-order valence-corrected chi connectivity index (χ2v) is 5.17. The molecule has 0 spiro atoms. The molecular weight excluding hydrogens is 258 g/mol. The van der Waals surface area contributed by atoms with Crippen LogP contribution in [0.15, 0.2) is 12.1 Å². The summed E-state index contributed by atoms with van der Waals surface area (Å²) in [6.45, 7) is 8.96. The first kappa shape index (κ1) is 16.0. The average Bonchev–Trinajstić information content (AvgIpc) is 2.32. The summed E-state index contributed by atoms with van der Waals surface area (Å²) in [6, 6.07) is 3.13. The molecule has 1 aromatic rings. The number of hydrogen-bond acceptors (Lipinski definition) is 3. The van der Waals surface area contributed by atoms with Gasteiger partial charge in [-0.2, -0.15) is 0 Å². The SMILES string of the molecule is Cc1cc(C(=O)O)cc(C)c1OC(C)C(=O)NC(C)C. The fraction of sp³-hybridized carbons (Fsp3) is 0.467. The predicted molar refractivity (Wildman–Crippen MR) is 76.2 cm³/mol. The molecule has 5 nitrogen and oxygen atoms in total. The Bertz CT molecular complexity index is 500. The Hall–Kier alpha value is -2.04. The Morgan fingerprint density at radius 3 is 2.05 bits per heavy atom. The van der Waals surface area contributed by atoms with Crippen molar-refractivity contribution in [3.63, 3.8) is 0 Å². The number of rotatable bonds is 5. The number of aryl methyl sites for hydroxylation is 2. The maximum atomic E-state index is 11.8. The van der Waals surface area contributed by atoms with Gasteiger partial charge in [0, 0.05) is 6.04 Å². The van der Waals surface area contributed by atoms with Gasteiger partial charge in [-0.15, -0.1) is 0 Å². The van der Waals surface area contributed by atoms with E-state index in [0.717, 1.165) is 0 Å². The van der Waals surface area contributed by atoms with Gasteiger partial charge in [0.15, 0.2) is 6.10 Å². The Morgan fingerprint density at radius 1 is 1.15 bits per heavy atom. The quantitative estimate of drug-likeness (QED) is 0.867. The molecule has 20 heavy (non-hydrogen) atoms. The van der Waals surface area contributed by atoms with Crippen LogP contribution in [0.3, 0.4) is 0 Å². The minimum atomic E-state index is -0.978. The van der Waals surface area contributed by atoms with Crippen molar-refractivity contribution in [2.24, 2.45) is 0 Å². The summed E-state index contributed by atoms with van der Waals surface area (Å²) >= 11 is 0. The highest BCUT2D eigenvalue weighted by Crippen LogP contribution is 2.26. The Morgan fingerprint density at radius 2 is 1.65 bits per heavy atom. The minimum Gasteiger partial charge on any atom is -0.480 e. The number of aromatic carboxylic acids is 1. The van der Waals surface area contributed by atoms with E-state index in [1.807, 2.05) is 13.8 Å². The molecule has 0 saturated heterocycles. The summed E-state index contributed by atoms with van der Waals surface area (Å²) < 4.78 is 5.67. The van der Waals surface area contributed by atoms with Crippen molar-refractivity contribution in [3.8, 4) is 5.75 Å². The van der Waals surface area contributed by atoms with E-state index in [2.05, 4.69) is 5.32 Å². The van der Waals surface area contributed by atoms with E-state index in [4.69, 9.17) is 9.84 Å². The van der Waals surface area contributed by atoms with Crippen LogP contribution in [-0.4, -0.2) is 29.1 Å². The highest BCUT2D eigenvalue weighted by Gasteiger charge is 2.18. The molecule has 0 saturated carbocycles. The molecule has 0 radical (unpaired) electrons. The zero-order valence-corrected chi connectivity index (χ0v) is 12.5. The summed E-state index contributed by atoms with van der Waals surface area (Å²) in [5.41, 5.74) is 1.62. The van der Waals surface area contributed by atoms with Crippen LogP contribution in [0, 0.1) is 13.8 Å². The van der Waals surface area contributed by atoms with Crippen molar-refractivity contribution in [3.05, 3.63) is 28.8 Å². The van der Waals surface area contributed by atoms with Crippen LogP contribution in [-0.2, 0) is 4.79 Å². The smallest absolute Gasteiger partial charge is 0.335 e. The van der Waals surface area contributed by atoms with Crippen LogP contribution in [0.5, 0.6) is 5.75 Å². The maximum Gasteiger partial charge on any atom is 0.335 e. The van der Waals surface area contributed by atoms with Gasteiger partial charge in [-0.25, -0.2) is 4.79 Å². The third-order valence-electron chi connectivity index (χ3n) is 2.80. The summed E-state index contributed by atoms with van der Waals surface area (Å²) in [7, 11) is 0. The second-order valence-electron chi connectivity index (χ2n) is 5.17. The van der Waals surface area contributed by atoms with Crippen molar-refractivity contribution < 1.29 is 19.4 Å². The van der Waals surface area contributed by atoms with Crippen LogP contribution in [0.1, 0.15) is 42.3 Å². The first-order valence-corrected chi connectivity index (χ1v) is 6.54. The number of carbonyl (C=O) groups is 2. The number of carboxylic acid groups (broad SMARTS) is 1. The van der Waals surface area contributed by atoms with Gasteiger partial charge >= 0.3 is 5.97 Å². The summed E-state index contributed by atoms with van der Waals surface area (Å²) in [6.07, 6.45) is -0.634. The van der Waals surface area contributed by atoms with E-state index in [9.17, 15) is 9.59 Å². The highest BCUT2D eigenvalue weighted by molar-refractivity contribution is 5.88. The largest absolute Gasteiger partial charge is 0.480 e. The van der Waals surface area contributed by atoms with E-state index in [0.29, 0.717) is 16.9 Å². The van der Waals surface area contributed by atoms with Gasteiger partial charge in [0.05, 0.1) is 5.56 Å². The first-order valence-electron chi connectivity index (χ1n) is 6.54. The van der Waals surface area contributed by atoms with Gasteiger partial charge in [-0.1, -0.05) is 0 Å². The zero-order valence-electron chi connectivity index (χ0n) is 12.5. The molecule has 1 amide bonds. The van der Waals surface area contributed by atoms with Crippen LogP contribution in [0.2, 0.25) is 0 Å². The van der Waals surface area contributed by atoms with Gasteiger partial charge in [0.25, 0.3) is 5.91 Å². The molecule has 0 bridgehead atoms. The Labute approximate surface area is 118 Å². The lowest BCUT2D eigenvalue weighted by atomic mass is 10.1. The van der Waals surface area contributed by atoms with Crippen LogP contribution >= 0.6 is 0 Å². The fourth-order valence-corrected chi connectivity index (χ4v) is 1.89. The molecule has 1 aromatic carbocycles. The second kappa shape index (κ2) is 6.41. The Kier molecular flexibility index (Phi) is 5.13. The van der Waals surface area contributed by atoms with Gasteiger partial charge in [0.1, 0.15) is 5.75 Å². The average molecular weight is 279 g/mol. The Balaban J connectivity index is 2.93. The highest BCUT2D eigenvalue weighted by atomic mass is 16.5. The van der Waals surface area contributed by atoms with Gasteiger partial charge < -0.3 is 15.2 Å². The van der Waals surface area contributed by atoms with Gasteiger partial charge in [-0.05, 0) is 57.9 Å². The van der Waals surface area contributed by atoms with Gasteiger partial charge in [0.2, 0.25) is 0 Å². The van der Waals surface area contributed by atoms with Crippen molar-refractivity contribution >= 4 is 11.9 Å². The molecule has 0 aliphatic rings. The number of amides is 1. The maximum absolute atomic E-state index is 11.8. The van der Waals surface area contributed by atoms with Crippen molar-refractivity contribution in [2.75, 3.05) is 0 Å². The molecular formula is C15H21NO4. The molecule has 0 aromatic heterocycles. The van der Waals surface area contributed by atoms with E-state index in [-0.39, 0.29) is 17.5 Å². The topological polar surface area (TPSA) is 75.6 Å². The minimum absolute atomic E-state index is 0.0464. The normalized spacial score (nSPS) is 12.1. The summed E-state index contributed by atoms with van der Waals surface area (Å²) in [4.78, 5) is 22.8. The fourth-order valence-electron chi connectivity index (χ4n) is 1.89. The lowest BCUT2D eigenvalue weighted by Gasteiger charge is -2.19. The number of nitrogens with one attached hydrogen (secondary N) is 1. The lowest BCUT2D eigenvalue weighted by Crippen LogP contribution is -2.40. The first-order chi connectivity index (χ1) is 9.22. The number of carbonyl (C=O) groups excluding carboxylic acids is 1. The van der Waals surface area contributed by atoms with Crippen LogP contribution in [0.25, 0.3) is 0 Å².